The van der Waals surface area contributed by atoms with Gasteiger partial charge >= 0.3 is 5.97 Å². The number of carbonyl (C=O) groups is 3. The monoisotopic (exact) mass is 330 g/mol. The van der Waals surface area contributed by atoms with Gasteiger partial charge in [0.1, 0.15) is 0 Å². The average Bonchev–Trinajstić information content (AvgIpc) is 2.95. The standard InChI is InChI=1S/C17H14O5S/c1-10(18)12-4-2-11(3-5-12)8-16-13(6-7-23-16)14(19)9-15(20)17(21)22/h2-7,9,20H,8H2,1H3,(H,21,22)/b15-9-. The van der Waals surface area contributed by atoms with E-state index in [1.54, 1.807) is 23.6 Å². The summed E-state index contributed by atoms with van der Waals surface area (Å²) in [6.45, 7) is 1.49. The average molecular weight is 330 g/mol. The molecule has 0 saturated carbocycles. The number of aliphatic carboxylic acids is 1. The minimum Gasteiger partial charge on any atom is -0.502 e. The van der Waals surface area contributed by atoms with E-state index in [9.17, 15) is 19.5 Å². The van der Waals surface area contributed by atoms with Gasteiger partial charge in [-0.15, -0.1) is 11.3 Å². The number of aliphatic hydroxyl groups is 1. The van der Waals surface area contributed by atoms with E-state index in [-0.39, 0.29) is 5.78 Å². The van der Waals surface area contributed by atoms with E-state index in [2.05, 4.69) is 0 Å². The van der Waals surface area contributed by atoms with Crippen LogP contribution in [0.15, 0.2) is 47.5 Å². The van der Waals surface area contributed by atoms with Gasteiger partial charge < -0.3 is 10.2 Å². The van der Waals surface area contributed by atoms with Gasteiger partial charge in [0.25, 0.3) is 0 Å². The molecular weight excluding hydrogens is 316 g/mol. The summed E-state index contributed by atoms with van der Waals surface area (Å²) >= 11 is 1.37. The quantitative estimate of drug-likeness (QED) is 0.482. The van der Waals surface area contributed by atoms with E-state index in [1.807, 2.05) is 12.1 Å². The number of rotatable bonds is 6. The van der Waals surface area contributed by atoms with E-state index < -0.39 is 17.5 Å². The molecule has 2 rings (SSSR count). The van der Waals surface area contributed by atoms with Crippen LogP contribution in [0.3, 0.4) is 0 Å². The summed E-state index contributed by atoms with van der Waals surface area (Å²) in [6, 6.07) is 8.67. The Labute approximate surface area is 136 Å². The number of Topliss-reactive ketones (excluding diaryl/α,β-unsaturated/α-hetero) is 1. The van der Waals surface area contributed by atoms with Crippen molar-refractivity contribution in [2.45, 2.75) is 13.3 Å². The van der Waals surface area contributed by atoms with Crippen molar-refractivity contribution in [2.24, 2.45) is 0 Å². The first-order chi connectivity index (χ1) is 10.9. The summed E-state index contributed by atoms with van der Waals surface area (Å²) in [6.07, 6.45) is 1.19. The molecule has 0 amide bonds. The highest BCUT2D eigenvalue weighted by molar-refractivity contribution is 7.10. The summed E-state index contributed by atoms with van der Waals surface area (Å²) in [5, 5.41) is 19.5. The van der Waals surface area contributed by atoms with Crippen LogP contribution in [0.5, 0.6) is 0 Å². The largest absolute Gasteiger partial charge is 0.502 e. The molecule has 0 bridgehead atoms. The SMILES string of the molecule is CC(=O)c1ccc(Cc2sccc2C(=O)/C=C(\O)C(=O)O)cc1. The van der Waals surface area contributed by atoms with Crippen molar-refractivity contribution in [1.29, 1.82) is 0 Å². The maximum absolute atomic E-state index is 12.0. The summed E-state index contributed by atoms with van der Waals surface area (Å²) in [7, 11) is 0. The molecule has 6 heteroatoms. The van der Waals surface area contributed by atoms with E-state index in [0.29, 0.717) is 23.6 Å². The maximum atomic E-state index is 12.0. The van der Waals surface area contributed by atoms with Crippen LogP contribution >= 0.6 is 11.3 Å². The second-order valence-corrected chi connectivity index (χ2v) is 5.89. The van der Waals surface area contributed by atoms with Crippen LogP contribution in [0, 0.1) is 0 Å². The number of carboxylic acid groups (broad SMARTS) is 1. The number of carboxylic acids is 1. The summed E-state index contributed by atoms with van der Waals surface area (Å²) in [4.78, 5) is 34.6. The molecule has 5 nitrogen and oxygen atoms in total. The van der Waals surface area contributed by atoms with Crippen molar-refractivity contribution in [3.05, 3.63) is 69.1 Å². The smallest absolute Gasteiger partial charge is 0.371 e. The Morgan fingerprint density at radius 1 is 1.09 bits per heavy atom. The molecule has 0 unspecified atom stereocenters. The van der Waals surface area contributed by atoms with Gasteiger partial charge in [-0.3, -0.25) is 9.59 Å². The summed E-state index contributed by atoms with van der Waals surface area (Å²) < 4.78 is 0. The molecule has 2 aromatic rings. The van der Waals surface area contributed by atoms with Gasteiger partial charge in [-0.1, -0.05) is 24.3 Å². The van der Waals surface area contributed by atoms with Crippen molar-refractivity contribution >= 4 is 28.9 Å². The molecule has 1 aromatic heterocycles. The number of hydrogen-bond acceptors (Lipinski definition) is 5. The van der Waals surface area contributed by atoms with Gasteiger partial charge in [-0.2, -0.15) is 0 Å². The highest BCUT2D eigenvalue weighted by atomic mass is 32.1. The lowest BCUT2D eigenvalue weighted by molar-refractivity contribution is -0.135. The van der Waals surface area contributed by atoms with Gasteiger partial charge in [-0.05, 0) is 23.9 Å². The van der Waals surface area contributed by atoms with Gasteiger partial charge in [0, 0.05) is 28.5 Å². The van der Waals surface area contributed by atoms with Gasteiger partial charge in [0.05, 0.1) is 0 Å². The van der Waals surface area contributed by atoms with Crippen LogP contribution in [-0.2, 0) is 11.2 Å². The molecule has 0 spiro atoms. The zero-order valence-corrected chi connectivity index (χ0v) is 13.1. The van der Waals surface area contributed by atoms with Gasteiger partial charge in [0.2, 0.25) is 5.76 Å². The van der Waals surface area contributed by atoms with Crippen LogP contribution in [0.1, 0.15) is 38.1 Å². The van der Waals surface area contributed by atoms with E-state index >= 15 is 0 Å². The third kappa shape index (κ3) is 4.14. The Kier molecular flexibility index (Phi) is 5.08. The van der Waals surface area contributed by atoms with Gasteiger partial charge in [-0.25, -0.2) is 4.79 Å². The van der Waals surface area contributed by atoms with E-state index in [0.717, 1.165) is 10.4 Å². The fraction of sp³-hybridized carbons (Fsp3) is 0.118. The third-order valence-corrected chi connectivity index (χ3v) is 4.14. The second-order valence-electron chi connectivity index (χ2n) is 4.89. The zero-order valence-electron chi connectivity index (χ0n) is 12.3. The zero-order chi connectivity index (χ0) is 17.0. The lowest BCUT2D eigenvalue weighted by Crippen LogP contribution is -2.05. The van der Waals surface area contributed by atoms with Crippen molar-refractivity contribution in [3.8, 4) is 0 Å². The van der Waals surface area contributed by atoms with Crippen LogP contribution in [0.2, 0.25) is 0 Å². The molecule has 0 aliphatic heterocycles. The second kappa shape index (κ2) is 7.02. The molecule has 1 aromatic carbocycles. The van der Waals surface area contributed by atoms with Crippen molar-refractivity contribution in [1.82, 2.24) is 0 Å². The molecule has 0 saturated heterocycles. The van der Waals surface area contributed by atoms with E-state index in [1.165, 1.54) is 18.3 Å². The topological polar surface area (TPSA) is 91.7 Å². The number of ketones is 2. The third-order valence-electron chi connectivity index (χ3n) is 3.22. The van der Waals surface area contributed by atoms with Crippen LogP contribution in [-0.4, -0.2) is 27.7 Å². The number of benzene rings is 1. The fourth-order valence-electron chi connectivity index (χ4n) is 2.00. The molecule has 0 radical (unpaired) electrons. The van der Waals surface area contributed by atoms with Crippen molar-refractivity contribution < 1.29 is 24.6 Å². The predicted molar refractivity (Wildman–Crippen MR) is 86.2 cm³/mol. The maximum Gasteiger partial charge on any atom is 0.371 e. The number of carbonyl (C=O) groups excluding carboxylic acids is 2. The molecule has 0 atom stereocenters. The van der Waals surface area contributed by atoms with Crippen molar-refractivity contribution in [3.63, 3.8) is 0 Å². The molecule has 0 aliphatic rings. The molecule has 2 N–H and O–H groups in total. The highest BCUT2D eigenvalue weighted by Crippen LogP contribution is 2.22. The first kappa shape index (κ1) is 16.6. The van der Waals surface area contributed by atoms with E-state index in [4.69, 9.17) is 5.11 Å². The number of aliphatic hydroxyl groups excluding tert-OH is 1. The lowest BCUT2D eigenvalue weighted by atomic mass is 10.0. The summed E-state index contributed by atoms with van der Waals surface area (Å²) in [5.74, 6) is -3.10. The molecule has 0 fully saturated rings. The minimum atomic E-state index is -1.55. The van der Waals surface area contributed by atoms with Crippen LogP contribution in [0.25, 0.3) is 0 Å². The Bertz CT molecular complexity index is 784. The molecule has 1 heterocycles. The molecule has 0 aliphatic carbocycles. The Balaban J connectivity index is 2.21. The van der Waals surface area contributed by atoms with Crippen molar-refractivity contribution in [2.75, 3.05) is 0 Å². The Hall–Kier alpha value is -2.73. The first-order valence-electron chi connectivity index (χ1n) is 6.73. The molecular formula is C17H14O5S. The number of hydrogen-bond donors (Lipinski definition) is 2. The minimum absolute atomic E-state index is 0.0159. The molecule has 118 valence electrons. The number of thiophene rings is 1. The van der Waals surface area contributed by atoms with Crippen LogP contribution in [0.4, 0.5) is 0 Å². The Morgan fingerprint density at radius 2 is 1.74 bits per heavy atom. The Morgan fingerprint density at radius 3 is 2.30 bits per heavy atom. The van der Waals surface area contributed by atoms with Gasteiger partial charge in [0.15, 0.2) is 11.6 Å². The predicted octanol–water partition coefficient (Wildman–Crippen LogP) is 3.25. The highest BCUT2D eigenvalue weighted by Gasteiger charge is 2.14. The normalized spacial score (nSPS) is 11.3. The fourth-order valence-corrected chi connectivity index (χ4v) is 2.92. The summed E-state index contributed by atoms with van der Waals surface area (Å²) in [5.41, 5.74) is 1.90. The van der Waals surface area contributed by atoms with Crippen LogP contribution < -0.4 is 0 Å². The first-order valence-corrected chi connectivity index (χ1v) is 7.61. The molecule has 23 heavy (non-hydrogen) atoms. The number of allylic oxidation sites excluding steroid dienone is 1. The lowest BCUT2D eigenvalue weighted by Gasteiger charge is -2.03.